The molecule has 2 aromatic heterocycles. The second kappa shape index (κ2) is 5.24. The summed E-state index contributed by atoms with van der Waals surface area (Å²) in [4.78, 5) is 3.59. The third-order valence-corrected chi connectivity index (χ3v) is 3.58. The summed E-state index contributed by atoms with van der Waals surface area (Å²) in [5.41, 5.74) is -0.962. The average molecular weight is 386 g/mol. The molecule has 0 N–H and O–H groups in total. The lowest BCUT2D eigenvalue weighted by Crippen LogP contribution is -2.10. The highest BCUT2D eigenvalue weighted by molar-refractivity contribution is 9.10. The third kappa shape index (κ3) is 2.61. The monoisotopic (exact) mass is 384 g/mol. The van der Waals surface area contributed by atoms with Crippen molar-refractivity contribution < 1.29 is 13.2 Å². The van der Waals surface area contributed by atoms with Gasteiger partial charge in [0.1, 0.15) is 21.4 Å². The maximum absolute atomic E-state index is 12.6. The van der Waals surface area contributed by atoms with E-state index < -0.39 is 16.9 Å². The second-order valence-electron chi connectivity index (χ2n) is 3.50. The fourth-order valence-corrected chi connectivity index (χ4v) is 2.28. The minimum Gasteiger partial charge on any atom is -0.215 e. The van der Waals surface area contributed by atoms with Gasteiger partial charge >= 0.3 is 6.18 Å². The van der Waals surface area contributed by atoms with Gasteiger partial charge in [0.15, 0.2) is 5.82 Å². The van der Waals surface area contributed by atoms with Gasteiger partial charge in [0.2, 0.25) is 0 Å². The fraction of sp³-hybridized carbons (Fsp3) is 0.100. The summed E-state index contributed by atoms with van der Waals surface area (Å²) < 4.78 is 39.2. The molecule has 0 fully saturated rings. The van der Waals surface area contributed by atoms with Crippen LogP contribution in [0, 0.1) is 11.3 Å². The van der Waals surface area contributed by atoms with E-state index in [1.54, 1.807) is 0 Å². The SMILES string of the molecule is N#Cc1cnn(-c2nc(Cl)c(C(F)(F)F)cc2Cl)c1Br. The van der Waals surface area contributed by atoms with Gasteiger partial charge in [-0.15, -0.1) is 0 Å². The average Bonchev–Trinajstić information content (AvgIpc) is 2.71. The van der Waals surface area contributed by atoms with Gasteiger partial charge in [-0.3, -0.25) is 0 Å². The number of nitrogens with zero attached hydrogens (tertiary/aromatic N) is 4. The first kappa shape index (κ1) is 15.1. The van der Waals surface area contributed by atoms with Gasteiger partial charge in [0.05, 0.1) is 16.8 Å². The number of rotatable bonds is 1. The van der Waals surface area contributed by atoms with Crippen LogP contribution in [0.15, 0.2) is 16.9 Å². The molecule has 0 aliphatic carbocycles. The van der Waals surface area contributed by atoms with Crippen molar-refractivity contribution >= 4 is 39.1 Å². The maximum atomic E-state index is 12.6. The van der Waals surface area contributed by atoms with Crippen LogP contribution in [0.4, 0.5) is 13.2 Å². The minimum atomic E-state index is -4.66. The van der Waals surface area contributed by atoms with E-state index in [9.17, 15) is 13.2 Å². The van der Waals surface area contributed by atoms with Gasteiger partial charge in [0.25, 0.3) is 0 Å². The van der Waals surface area contributed by atoms with Crippen molar-refractivity contribution in [1.29, 1.82) is 5.26 Å². The molecule has 10 heteroatoms. The van der Waals surface area contributed by atoms with Crippen LogP contribution in [0.5, 0.6) is 0 Å². The molecule has 0 saturated heterocycles. The zero-order valence-electron chi connectivity index (χ0n) is 9.21. The highest BCUT2D eigenvalue weighted by Crippen LogP contribution is 2.37. The highest BCUT2D eigenvalue weighted by atomic mass is 79.9. The van der Waals surface area contributed by atoms with E-state index in [2.05, 4.69) is 26.0 Å². The normalized spacial score (nSPS) is 11.4. The smallest absolute Gasteiger partial charge is 0.215 e. The Morgan fingerprint density at radius 2 is 2.00 bits per heavy atom. The van der Waals surface area contributed by atoms with Crippen molar-refractivity contribution in [3.05, 3.63) is 38.2 Å². The zero-order chi connectivity index (χ0) is 15.1. The van der Waals surface area contributed by atoms with E-state index in [4.69, 9.17) is 28.5 Å². The molecule has 0 aliphatic heterocycles. The zero-order valence-corrected chi connectivity index (χ0v) is 12.3. The summed E-state index contributed by atoms with van der Waals surface area (Å²) in [6, 6.07) is 2.50. The van der Waals surface area contributed by atoms with Crippen molar-refractivity contribution in [2.75, 3.05) is 0 Å². The summed E-state index contributed by atoms with van der Waals surface area (Å²) in [6.07, 6.45) is -3.45. The second-order valence-corrected chi connectivity index (χ2v) is 5.02. The van der Waals surface area contributed by atoms with Gasteiger partial charge in [-0.2, -0.15) is 23.5 Å². The van der Waals surface area contributed by atoms with Gasteiger partial charge in [-0.25, -0.2) is 9.67 Å². The number of nitriles is 1. The van der Waals surface area contributed by atoms with E-state index in [1.165, 1.54) is 6.20 Å². The van der Waals surface area contributed by atoms with Crippen LogP contribution in [0.1, 0.15) is 11.1 Å². The number of hydrogen-bond acceptors (Lipinski definition) is 3. The van der Waals surface area contributed by atoms with Crippen LogP contribution in [0.3, 0.4) is 0 Å². The van der Waals surface area contributed by atoms with E-state index in [1.807, 2.05) is 6.07 Å². The van der Waals surface area contributed by atoms with Crippen LogP contribution in [-0.2, 0) is 6.18 Å². The first-order chi connectivity index (χ1) is 9.25. The standard InChI is InChI=1S/C10H2BrCl2F3N4/c11-7-4(2-17)3-18-20(7)9-6(12)1-5(8(13)19-9)10(14,15)16/h1,3H. The van der Waals surface area contributed by atoms with Crippen LogP contribution < -0.4 is 0 Å². The quantitative estimate of drug-likeness (QED) is 0.690. The number of hydrogen-bond donors (Lipinski definition) is 0. The Hall–Kier alpha value is -1.30. The van der Waals surface area contributed by atoms with Crippen LogP contribution in [0.25, 0.3) is 5.82 Å². The molecule has 0 spiro atoms. The molecular formula is C10H2BrCl2F3N4. The lowest BCUT2D eigenvalue weighted by molar-refractivity contribution is -0.137. The summed E-state index contributed by atoms with van der Waals surface area (Å²) in [5.74, 6) is -0.113. The molecule has 0 aromatic carbocycles. The van der Waals surface area contributed by atoms with Crippen molar-refractivity contribution in [1.82, 2.24) is 14.8 Å². The Morgan fingerprint density at radius 1 is 1.35 bits per heavy atom. The molecular weight excluding hydrogens is 384 g/mol. The predicted molar refractivity (Wildman–Crippen MR) is 68.8 cm³/mol. The Labute approximate surface area is 128 Å². The Bertz CT molecular complexity index is 721. The predicted octanol–water partition coefficient (Wildman–Crippen LogP) is 4.23. The lowest BCUT2D eigenvalue weighted by atomic mass is 10.2. The summed E-state index contributed by atoms with van der Waals surface area (Å²) >= 11 is 14.4. The number of halogens is 6. The molecule has 4 nitrogen and oxygen atoms in total. The molecule has 0 unspecified atom stereocenters. The molecule has 0 atom stereocenters. The maximum Gasteiger partial charge on any atom is 0.419 e. The summed E-state index contributed by atoms with van der Waals surface area (Å²) in [5, 5.41) is 11.6. The summed E-state index contributed by atoms with van der Waals surface area (Å²) in [6.45, 7) is 0. The third-order valence-electron chi connectivity index (χ3n) is 2.25. The molecule has 2 rings (SSSR count). The van der Waals surface area contributed by atoms with Gasteiger partial charge < -0.3 is 0 Å². The Morgan fingerprint density at radius 3 is 2.50 bits per heavy atom. The van der Waals surface area contributed by atoms with E-state index in [-0.39, 0.29) is 21.0 Å². The van der Waals surface area contributed by atoms with Crippen molar-refractivity contribution in [2.24, 2.45) is 0 Å². The van der Waals surface area contributed by atoms with Crippen LogP contribution in [-0.4, -0.2) is 14.8 Å². The molecule has 104 valence electrons. The number of aromatic nitrogens is 3. The van der Waals surface area contributed by atoms with Gasteiger partial charge in [0, 0.05) is 0 Å². The molecule has 2 aromatic rings. The first-order valence-electron chi connectivity index (χ1n) is 4.83. The molecule has 0 radical (unpaired) electrons. The number of alkyl halides is 3. The van der Waals surface area contributed by atoms with Crippen LogP contribution >= 0.6 is 39.1 Å². The van der Waals surface area contributed by atoms with Crippen molar-refractivity contribution in [3.63, 3.8) is 0 Å². The van der Waals surface area contributed by atoms with E-state index in [0.717, 1.165) is 4.68 Å². The van der Waals surface area contributed by atoms with E-state index in [0.29, 0.717) is 6.07 Å². The highest BCUT2D eigenvalue weighted by Gasteiger charge is 2.35. The largest absolute Gasteiger partial charge is 0.419 e. The summed E-state index contributed by atoms with van der Waals surface area (Å²) in [7, 11) is 0. The van der Waals surface area contributed by atoms with E-state index >= 15 is 0 Å². The van der Waals surface area contributed by atoms with Gasteiger partial charge in [-0.05, 0) is 22.0 Å². The molecule has 2 heterocycles. The molecule has 0 amide bonds. The van der Waals surface area contributed by atoms with Crippen LogP contribution in [0.2, 0.25) is 10.2 Å². The Balaban J connectivity index is 2.63. The Kier molecular flexibility index (Phi) is 3.95. The molecule has 0 bridgehead atoms. The minimum absolute atomic E-state index is 0.113. The molecule has 0 aliphatic rings. The molecule has 0 saturated carbocycles. The van der Waals surface area contributed by atoms with Crippen molar-refractivity contribution in [3.8, 4) is 11.9 Å². The van der Waals surface area contributed by atoms with Gasteiger partial charge in [-0.1, -0.05) is 23.2 Å². The first-order valence-corrected chi connectivity index (χ1v) is 6.38. The fourth-order valence-electron chi connectivity index (χ4n) is 1.36. The number of pyridine rings is 1. The topological polar surface area (TPSA) is 54.5 Å². The van der Waals surface area contributed by atoms with Crippen molar-refractivity contribution in [2.45, 2.75) is 6.18 Å². The molecule has 20 heavy (non-hydrogen) atoms. The lowest BCUT2D eigenvalue weighted by Gasteiger charge is -2.11.